The van der Waals surface area contributed by atoms with Gasteiger partial charge in [-0.3, -0.25) is 0 Å². The molecule has 1 aromatic carbocycles. The molecule has 1 aliphatic rings. The molecule has 0 unspecified atom stereocenters. The van der Waals surface area contributed by atoms with Gasteiger partial charge in [0.05, 0.1) is 6.61 Å². The van der Waals surface area contributed by atoms with Crippen LogP contribution in [-0.2, 0) is 4.74 Å². The fourth-order valence-corrected chi connectivity index (χ4v) is 1.54. The number of hydrogen-bond donors (Lipinski definition) is 0. The molecule has 1 fully saturated rings. The summed E-state index contributed by atoms with van der Waals surface area (Å²) >= 11 is 11.6. The zero-order valence-corrected chi connectivity index (χ0v) is 7.19. The quantitative estimate of drug-likeness (QED) is 0.618. The molecule has 1 aliphatic heterocycles. The van der Waals surface area contributed by atoms with Crippen molar-refractivity contribution in [3.8, 4) is 0 Å². The highest BCUT2D eigenvalue weighted by atomic mass is 35.5. The van der Waals surface area contributed by atoms with Crippen molar-refractivity contribution in [1.82, 2.24) is 0 Å². The van der Waals surface area contributed by atoms with Crippen LogP contribution in [0.5, 0.6) is 0 Å². The Kier molecular flexibility index (Phi) is 1.80. The van der Waals surface area contributed by atoms with Gasteiger partial charge in [-0.05, 0) is 23.8 Å². The maximum atomic E-state index is 5.78. The van der Waals surface area contributed by atoms with Crippen molar-refractivity contribution in [3.05, 3.63) is 33.8 Å². The number of ether oxygens (including phenoxy) is 1. The summed E-state index contributed by atoms with van der Waals surface area (Å²) in [5.41, 5.74) is 1.07. The minimum atomic E-state index is 0.228. The third-order valence-electron chi connectivity index (χ3n) is 1.59. The lowest BCUT2D eigenvalue weighted by Gasteiger charge is -1.97. The molecule has 1 aromatic rings. The summed E-state index contributed by atoms with van der Waals surface area (Å²) in [6.45, 7) is 0.788. The van der Waals surface area contributed by atoms with Crippen LogP contribution in [0.1, 0.15) is 11.7 Å². The number of halogens is 2. The van der Waals surface area contributed by atoms with Crippen molar-refractivity contribution in [1.29, 1.82) is 0 Å². The number of epoxide rings is 1. The fraction of sp³-hybridized carbons (Fsp3) is 0.250. The zero-order valence-electron chi connectivity index (χ0n) is 5.68. The molecule has 1 nitrogen and oxygen atoms in total. The molecule has 0 saturated carbocycles. The van der Waals surface area contributed by atoms with E-state index in [0.29, 0.717) is 10.0 Å². The van der Waals surface area contributed by atoms with E-state index in [1.807, 2.05) is 12.1 Å². The van der Waals surface area contributed by atoms with Gasteiger partial charge in [0.2, 0.25) is 0 Å². The van der Waals surface area contributed by atoms with Crippen LogP contribution in [0.2, 0.25) is 10.0 Å². The Morgan fingerprint density at radius 1 is 1.18 bits per heavy atom. The molecule has 2 rings (SSSR count). The van der Waals surface area contributed by atoms with Crippen molar-refractivity contribution in [2.75, 3.05) is 6.61 Å². The SMILES string of the molecule is Clc1cc(Cl)cc([C@@H]2CO2)c1. The van der Waals surface area contributed by atoms with Gasteiger partial charge < -0.3 is 4.74 Å². The molecule has 0 N–H and O–H groups in total. The second-order valence-electron chi connectivity index (χ2n) is 2.52. The van der Waals surface area contributed by atoms with Crippen LogP contribution < -0.4 is 0 Å². The van der Waals surface area contributed by atoms with Crippen LogP contribution in [0, 0.1) is 0 Å². The van der Waals surface area contributed by atoms with Gasteiger partial charge in [0.25, 0.3) is 0 Å². The normalized spacial score (nSPS) is 21.8. The Balaban J connectivity index is 2.39. The highest BCUT2D eigenvalue weighted by Crippen LogP contribution is 2.33. The molecule has 11 heavy (non-hydrogen) atoms. The monoisotopic (exact) mass is 188 g/mol. The van der Waals surface area contributed by atoms with E-state index in [1.165, 1.54) is 0 Å². The van der Waals surface area contributed by atoms with Crippen LogP contribution in [0.4, 0.5) is 0 Å². The lowest BCUT2D eigenvalue weighted by Crippen LogP contribution is -1.79. The molecular weight excluding hydrogens is 183 g/mol. The fourth-order valence-electron chi connectivity index (χ4n) is 1.00. The summed E-state index contributed by atoms with van der Waals surface area (Å²) in [7, 11) is 0. The van der Waals surface area contributed by atoms with E-state index in [1.54, 1.807) is 6.07 Å². The zero-order chi connectivity index (χ0) is 7.84. The predicted molar refractivity (Wildman–Crippen MR) is 45.2 cm³/mol. The van der Waals surface area contributed by atoms with Gasteiger partial charge in [-0.25, -0.2) is 0 Å². The van der Waals surface area contributed by atoms with Crippen LogP contribution in [0.15, 0.2) is 18.2 Å². The largest absolute Gasteiger partial charge is 0.368 e. The van der Waals surface area contributed by atoms with Crippen LogP contribution in [0.25, 0.3) is 0 Å². The minimum Gasteiger partial charge on any atom is -0.368 e. The molecule has 1 heterocycles. The van der Waals surface area contributed by atoms with Gasteiger partial charge in [-0.15, -0.1) is 0 Å². The van der Waals surface area contributed by atoms with Gasteiger partial charge in [-0.2, -0.15) is 0 Å². The maximum absolute atomic E-state index is 5.78. The first-order valence-corrected chi connectivity index (χ1v) is 4.09. The van der Waals surface area contributed by atoms with E-state index < -0.39 is 0 Å². The van der Waals surface area contributed by atoms with Gasteiger partial charge in [0.15, 0.2) is 0 Å². The van der Waals surface area contributed by atoms with Gasteiger partial charge in [0.1, 0.15) is 6.10 Å². The van der Waals surface area contributed by atoms with Crippen molar-refractivity contribution < 1.29 is 4.74 Å². The molecule has 0 amide bonds. The second-order valence-corrected chi connectivity index (χ2v) is 3.40. The molecule has 1 atom stereocenters. The first-order valence-electron chi connectivity index (χ1n) is 3.33. The lowest BCUT2D eigenvalue weighted by atomic mass is 10.2. The molecule has 0 bridgehead atoms. The van der Waals surface area contributed by atoms with E-state index in [-0.39, 0.29) is 6.10 Å². The van der Waals surface area contributed by atoms with E-state index in [4.69, 9.17) is 27.9 Å². The highest BCUT2D eigenvalue weighted by Gasteiger charge is 2.25. The first kappa shape index (κ1) is 7.41. The highest BCUT2D eigenvalue weighted by molar-refractivity contribution is 6.34. The molecule has 1 saturated heterocycles. The van der Waals surface area contributed by atoms with Crippen molar-refractivity contribution >= 4 is 23.2 Å². The van der Waals surface area contributed by atoms with E-state index in [9.17, 15) is 0 Å². The third-order valence-corrected chi connectivity index (χ3v) is 2.03. The van der Waals surface area contributed by atoms with Crippen LogP contribution >= 0.6 is 23.2 Å². The molecule has 0 spiro atoms. The molecular formula is C8H6Cl2O. The predicted octanol–water partition coefficient (Wildman–Crippen LogP) is 3.06. The van der Waals surface area contributed by atoms with Crippen LogP contribution in [0.3, 0.4) is 0 Å². The topological polar surface area (TPSA) is 12.5 Å². The number of hydrogen-bond acceptors (Lipinski definition) is 1. The summed E-state index contributed by atoms with van der Waals surface area (Å²) in [4.78, 5) is 0. The van der Waals surface area contributed by atoms with E-state index in [2.05, 4.69) is 0 Å². The summed E-state index contributed by atoms with van der Waals surface area (Å²) in [6.07, 6.45) is 0.228. The molecule has 0 aliphatic carbocycles. The van der Waals surface area contributed by atoms with Crippen molar-refractivity contribution in [2.24, 2.45) is 0 Å². The smallest absolute Gasteiger partial charge is 0.106 e. The van der Waals surface area contributed by atoms with Crippen molar-refractivity contribution in [2.45, 2.75) is 6.10 Å². The molecule has 0 radical (unpaired) electrons. The minimum absolute atomic E-state index is 0.228. The second kappa shape index (κ2) is 2.67. The number of benzene rings is 1. The molecule has 0 aromatic heterocycles. The Morgan fingerprint density at radius 2 is 1.73 bits per heavy atom. The lowest BCUT2D eigenvalue weighted by molar-refractivity contribution is 0.415. The van der Waals surface area contributed by atoms with Gasteiger partial charge in [0, 0.05) is 10.0 Å². The summed E-state index contributed by atoms with van der Waals surface area (Å²) in [5, 5.41) is 1.34. The Hall–Kier alpha value is -0.240. The summed E-state index contributed by atoms with van der Waals surface area (Å²) < 4.78 is 5.09. The average Bonchev–Trinajstić information content (AvgIpc) is 2.64. The Morgan fingerprint density at radius 3 is 2.18 bits per heavy atom. The van der Waals surface area contributed by atoms with Crippen LogP contribution in [-0.4, -0.2) is 6.61 Å². The van der Waals surface area contributed by atoms with E-state index >= 15 is 0 Å². The molecule has 58 valence electrons. The standard InChI is InChI=1S/C8H6Cl2O/c9-6-1-5(8-4-11-8)2-7(10)3-6/h1-3,8H,4H2/t8-/m0/s1. The third kappa shape index (κ3) is 1.67. The Labute approximate surface area is 74.9 Å². The maximum Gasteiger partial charge on any atom is 0.106 e. The van der Waals surface area contributed by atoms with E-state index in [0.717, 1.165) is 12.2 Å². The average molecular weight is 189 g/mol. The van der Waals surface area contributed by atoms with Gasteiger partial charge in [-0.1, -0.05) is 23.2 Å². The number of rotatable bonds is 1. The summed E-state index contributed by atoms with van der Waals surface area (Å²) in [6, 6.07) is 5.48. The first-order chi connectivity index (χ1) is 5.25. The van der Waals surface area contributed by atoms with Crippen molar-refractivity contribution in [3.63, 3.8) is 0 Å². The molecule has 3 heteroatoms. The Bertz CT molecular complexity index is 261. The van der Waals surface area contributed by atoms with Gasteiger partial charge >= 0.3 is 0 Å². The summed E-state index contributed by atoms with van der Waals surface area (Å²) in [5.74, 6) is 0.